The molecular weight excluding hydrogens is 683 g/mol. The van der Waals surface area contributed by atoms with Gasteiger partial charge in [0, 0.05) is 39.9 Å². The summed E-state index contributed by atoms with van der Waals surface area (Å²) >= 11 is 0. The molecule has 0 unspecified atom stereocenters. The van der Waals surface area contributed by atoms with E-state index < -0.39 is 5.41 Å². The monoisotopic (exact) mass is 715 g/mol. The Hall–Kier alpha value is -7.43. The fraction of sp³-hybridized carbons (Fsp3) is 0.0192. The maximum atomic E-state index is 6.20. The summed E-state index contributed by atoms with van der Waals surface area (Å²) in [6, 6.07) is 66.7. The van der Waals surface area contributed by atoms with Gasteiger partial charge >= 0.3 is 0 Å². The molecule has 0 aliphatic heterocycles. The van der Waals surface area contributed by atoms with Gasteiger partial charge in [0.15, 0.2) is 5.82 Å². The minimum atomic E-state index is -0.515. The molecule has 7 aromatic carbocycles. The molecule has 3 heterocycles. The average molecular weight is 716 g/mol. The molecule has 262 valence electrons. The molecule has 0 radical (unpaired) electrons. The third kappa shape index (κ3) is 5.04. The van der Waals surface area contributed by atoms with Gasteiger partial charge < -0.3 is 4.42 Å². The highest BCUT2D eigenvalue weighted by molar-refractivity contribution is 6.06. The van der Waals surface area contributed by atoms with E-state index in [9.17, 15) is 0 Å². The number of rotatable bonds is 6. The van der Waals surface area contributed by atoms with Crippen molar-refractivity contribution in [3.05, 3.63) is 223 Å². The lowest BCUT2D eigenvalue weighted by atomic mass is 9.67. The highest BCUT2D eigenvalue weighted by Crippen LogP contribution is 2.56. The molecule has 11 rings (SSSR count). The van der Waals surface area contributed by atoms with Crippen LogP contribution in [0.2, 0.25) is 0 Å². The number of pyridine rings is 1. The molecule has 1 aliphatic carbocycles. The normalized spacial score (nSPS) is 12.8. The Morgan fingerprint density at radius 2 is 1.00 bits per heavy atom. The van der Waals surface area contributed by atoms with Crippen LogP contribution in [0.5, 0.6) is 0 Å². The minimum Gasteiger partial charge on any atom is -0.456 e. The van der Waals surface area contributed by atoms with Crippen molar-refractivity contribution in [2.45, 2.75) is 5.41 Å². The predicted molar refractivity (Wildman–Crippen MR) is 226 cm³/mol. The summed E-state index contributed by atoms with van der Waals surface area (Å²) in [5.74, 6) is 0.661. The predicted octanol–water partition coefficient (Wildman–Crippen LogP) is 12.8. The zero-order valence-corrected chi connectivity index (χ0v) is 30.3. The fourth-order valence-corrected chi connectivity index (χ4v) is 8.71. The molecule has 0 atom stereocenters. The molecule has 0 fully saturated rings. The molecule has 0 N–H and O–H groups in total. The van der Waals surface area contributed by atoms with Crippen molar-refractivity contribution in [2.24, 2.45) is 0 Å². The van der Waals surface area contributed by atoms with Crippen LogP contribution in [0.15, 0.2) is 205 Å². The average Bonchev–Trinajstić information content (AvgIpc) is 3.80. The van der Waals surface area contributed by atoms with Gasteiger partial charge in [0.1, 0.15) is 11.2 Å². The summed E-state index contributed by atoms with van der Waals surface area (Å²) in [5, 5.41) is 2.15. The van der Waals surface area contributed by atoms with Gasteiger partial charge in [-0.3, -0.25) is 4.98 Å². The van der Waals surface area contributed by atoms with Gasteiger partial charge in [-0.05, 0) is 87.0 Å². The van der Waals surface area contributed by atoms with E-state index >= 15 is 0 Å². The zero-order valence-electron chi connectivity index (χ0n) is 30.3. The van der Waals surface area contributed by atoms with Crippen LogP contribution in [-0.2, 0) is 5.41 Å². The number of hydrogen-bond donors (Lipinski definition) is 0. The van der Waals surface area contributed by atoms with Crippen LogP contribution in [0.1, 0.15) is 22.3 Å². The summed E-state index contributed by atoms with van der Waals surface area (Å²) in [6.07, 6.45) is 3.68. The second-order valence-electron chi connectivity index (χ2n) is 14.4. The van der Waals surface area contributed by atoms with E-state index in [-0.39, 0.29) is 0 Å². The molecule has 0 saturated heterocycles. The van der Waals surface area contributed by atoms with Crippen molar-refractivity contribution in [2.75, 3.05) is 0 Å². The van der Waals surface area contributed by atoms with Crippen molar-refractivity contribution >= 4 is 21.9 Å². The summed E-state index contributed by atoms with van der Waals surface area (Å²) in [4.78, 5) is 14.9. The first-order valence-electron chi connectivity index (χ1n) is 18.9. The maximum Gasteiger partial charge on any atom is 0.160 e. The van der Waals surface area contributed by atoms with Crippen LogP contribution in [0.3, 0.4) is 0 Å². The highest BCUT2D eigenvalue weighted by Gasteiger charge is 2.46. The van der Waals surface area contributed by atoms with Gasteiger partial charge in [-0.1, -0.05) is 146 Å². The third-order valence-corrected chi connectivity index (χ3v) is 11.3. The molecule has 56 heavy (non-hydrogen) atoms. The van der Waals surface area contributed by atoms with Crippen molar-refractivity contribution in [1.29, 1.82) is 0 Å². The van der Waals surface area contributed by atoms with E-state index in [4.69, 9.17) is 14.4 Å². The SMILES string of the molecule is c1ccc(C2(c3ccccc3)c3ccccc3-c3ccc(-c4cc(-c5ccc6oc7ccccc7c6c5)nc(-c5ccc(-c6cccnc6)cc5)n4)cc32)cc1. The third-order valence-electron chi connectivity index (χ3n) is 11.3. The van der Waals surface area contributed by atoms with Crippen LogP contribution in [0, 0.1) is 0 Å². The van der Waals surface area contributed by atoms with E-state index in [0.29, 0.717) is 5.82 Å². The Morgan fingerprint density at radius 1 is 0.393 bits per heavy atom. The maximum absolute atomic E-state index is 6.20. The lowest BCUT2D eigenvalue weighted by molar-refractivity contribution is 0.669. The second kappa shape index (κ2) is 12.9. The molecule has 3 aromatic heterocycles. The summed E-state index contributed by atoms with van der Waals surface area (Å²) in [5.41, 5.74) is 15.5. The number of fused-ring (bicyclic) bond motifs is 6. The van der Waals surface area contributed by atoms with Crippen molar-refractivity contribution < 1.29 is 4.42 Å². The number of nitrogens with zero attached hydrogens (tertiary/aromatic N) is 3. The molecule has 1 aliphatic rings. The molecular formula is C52H33N3O. The zero-order chi connectivity index (χ0) is 37.1. The van der Waals surface area contributed by atoms with Crippen molar-refractivity contribution in [3.8, 4) is 56.2 Å². The standard InChI is InChI=1S/C52H33N3O/c1-3-13-39(14-4-1)52(40-15-5-2-6-16-40)45-19-9-7-17-41(45)42-27-25-37(31-46(42)52)48-32-47(36-26-28-50-44(30-36)43-18-8-10-20-49(43)56-50)54-51(55-48)35-23-21-34(22-24-35)38-12-11-29-53-33-38/h1-33H. The molecule has 4 nitrogen and oxygen atoms in total. The highest BCUT2D eigenvalue weighted by atomic mass is 16.3. The van der Waals surface area contributed by atoms with Crippen LogP contribution >= 0.6 is 0 Å². The first kappa shape index (κ1) is 32.0. The molecule has 0 amide bonds. The Labute approximate surface area is 324 Å². The van der Waals surface area contributed by atoms with E-state index in [0.717, 1.165) is 61.1 Å². The lowest BCUT2D eigenvalue weighted by Crippen LogP contribution is -2.28. The fourth-order valence-electron chi connectivity index (χ4n) is 8.71. The van der Waals surface area contributed by atoms with Gasteiger partial charge in [0.05, 0.1) is 16.8 Å². The van der Waals surface area contributed by atoms with E-state index in [1.807, 2.05) is 24.4 Å². The van der Waals surface area contributed by atoms with Crippen LogP contribution in [0.4, 0.5) is 0 Å². The summed E-state index contributed by atoms with van der Waals surface area (Å²) < 4.78 is 6.20. The van der Waals surface area contributed by atoms with Crippen molar-refractivity contribution in [3.63, 3.8) is 0 Å². The Balaban J connectivity index is 1.13. The summed E-state index contributed by atoms with van der Waals surface area (Å²) in [7, 11) is 0. The van der Waals surface area contributed by atoms with Crippen LogP contribution < -0.4 is 0 Å². The molecule has 10 aromatic rings. The number of furan rings is 1. The number of hydrogen-bond acceptors (Lipinski definition) is 4. The quantitative estimate of drug-likeness (QED) is 0.172. The Kier molecular flexibility index (Phi) is 7.36. The van der Waals surface area contributed by atoms with E-state index in [1.165, 1.54) is 33.4 Å². The van der Waals surface area contributed by atoms with E-state index in [1.54, 1.807) is 6.20 Å². The van der Waals surface area contributed by atoms with Crippen molar-refractivity contribution in [1.82, 2.24) is 15.0 Å². The molecule has 4 heteroatoms. The first-order valence-corrected chi connectivity index (χ1v) is 18.9. The topological polar surface area (TPSA) is 51.8 Å². The molecule has 0 spiro atoms. The van der Waals surface area contributed by atoms with Gasteiger partial charge in [0.25, 0.3) is 0 Å². The van der Waals surface area contributed by atoms with Gasteiger partial charge in [-0.2, -0.15) is 0 Å². The second-order valence-corrected chi connectivity index (χ2v) is 14.4. The Bertz CT molecular complexity index is 3020. The smallest absolute Gasteiger partial charge is 0.160 e. The Morgan fingerprint density at radius 3 is 1.75 bits per heavy atom. The lowest BCUT2D eigenvalue weighted by Gasteiger charge is -2.34. The van der Waals surface area contributed by atoms with Gasteiger partial charge in [-0.25, -0.2) is 9.97 Å². The largest absolute Gasteiger partial charge is 0.456 e. The molecule has 0 bridgehead atoms. The van der Waals surface area contributed by atoms with Gasteiger partial charge in [0.2, 0.25) is 0 Å². The van der Waals surface area contributed by atoms with Crippen LogP contribution in [0.25, 0.3) is 78.1 Å². The number of aromatic nitrogens is 3. The van der Waals surface area contributed by atoms with E-state index in [2.05, 4.69) is 175 Å². The van der Waals surface area contributed by atoms with Gasteiger partial charge in [-0.15, -0.1) is 0 Å². The summed E-state index contributed by atoms with van der Waals surface area (Å²) in [6.45, 7) is 0. The number of para-hydroxylation sites is 1. The molecule has 0 saturated carbocycles. The van der Waals surface area contributed by atoms with Crippen LogP contribution in [-0.4, -0.2) is 15.0 Å². The number of benzene rings is 7. The minimum absolute atomic E-state index is 0.515. The first-order chi connectivity index (χ1) is 27.7.